The summed E-state index contributed by atoms with van der Waals surface area (Å²) < 4.78 is 44.9. The Morgan fingerprint density at radius 2 is 1.40 bits per heavy atom. The van der Waals surface area contributed by atoms with E-state index in [1.165, 1.54) is 12.8 Å². The molecular formula is C43H70O9. The molecule has 7 rings (SSSR count). The summed E-state index contributed by atoms with van der Waals surface area (Å²) >= 11 is 0. The minimum atomic E-state index is -0.410. The first kappa shape index (κ1) is 39.1. The van der Waals surface area contributed by atoms with E-state index in [4.69, 9.17) is 33.2 Å². The molecular weight excluding hydrogens is 660 g/mol. The monoisotopic (exact) mass is 731 g/mol. The van der Waals surface area contributed by atoms with Crippen LogP contribution in [0.1, 0.15) is 150 Å². The molecule has 3 saturated heterocycles. The molecule has 4 aliphatic carbocycles. The topological polar surface area (TPSA) is 98.8 Å². The third-order valence-electron chi connectivity index (χ3n) is 15.4. The maximum absolute atomic E-state index is 12.9. The molecule has 0 aromatic heterocycles. The summed E-state index contributed by atoms with van der Waals surface area (Å²) in [6.07, 6.45) is 18.7. The standard InChI is InChI=1S/C43H70O9/c1-5-46-37(45)26-30(44)16-15-28(2)32-17-18-33-41-34(27-36(43(32,33)4)52-40-14-8-11-23-49-40)42(3)20-19-31(50-38-12-6-9-21-47-38)24-29(42)25-35(41)51-39-13-7-10-22-48-39/h28-29,31-36,38-41H,5-27H2,1-4H3/t28-,29+,31-,32-,33+,34+,35-,36+,38?,39?,40?,41+,42+,43-/m1/s1. The fraction of sp³-hybridized carbons (Fsp3) is 0.953. The highest BCUT2D eigenvalue weighted by molar-refractivity contribution is 5.95. The van der Waals surface area contributed by atoms with Crippen molar-refractivity contribution in [1.29, 1.82) is 0 Å². The second-order valence-electron chi connectivity index (χ2n) is 18.3. The lowest BCUT2D eigenvalue weighted by molar-refractivity contribution is -0.289. The second kappa shape index (κ2) is 17.4. The predicted octanol–water partition coefficient (Wildman–Crippen LogP) is 8.54. The van der Waals surface area contributed by atoms with Crippen molar-refractivity contribution in [2.75, 3.05) is 26.4 Å². The maximum Gasteiger partial charge on any atom is 0.313 e. The molecule has 9 heteroatoms. The molecule has 0 radical (unpaired) electrons. The largest absolute Gasteiger partial charge is 0.466 e. The normalized spacial score (nSPS) is 44.2. The molecule has 3 heterocycles. The van der Waals surface area contributed by atoms with E-state index in [0.717, 1.165) is 116 Å². The van der Waals surface area contributed by atoms with E-state index in [0.29, 0.717) is 48.5 Å². The molecule has 7 aliphatic rings. The molecule has 3 aliphatic heterocycles. The zero-order valence-corrected chi connectivity index (χ0v) is 32.9. The average Bonchev–Trinajstić information content (AvgIpc) is 3.51. The number of hydrogen-bond acceptors (Lipinski definition) is 9. The van der Waals surface area contributed by atoms with Gasteiger partial charge in [-0.3, -0.25) is 9.59 Å². The summed E-state index contributed by atoms with van der Waals surface area (Å²) in [5.41, 5.74) is 0.118. The molecule has 0 aromatic carbocycles. The van der Waals surface area contributed by atoms with E-state index < -0.39 is 5.97 Å². The van der Waals surface area contributed by atoms with Crippen molar-refractivity contribution >= 4 is 11.8 Å². The maximum atomic E-state index is 12.9. The molecule has 14 atom stereocenters. The first-order valence-corrected chi connectivity index (χ1v) is 21.7. The number of rotatable bonds is 13. The Balaban J connectivity index is 1.15. The van der Waals surface area contributed by atoms with Gasteiger partial charge in [-0.05, 0) is 157 Å². The number of carbonyl (C=O) groups excluding carboxylic acids is 2. The Morgan fingerprint density at radius 3 is 2.04 bits per heavy atom. The first-order chi connectivity index (χ1) is 25.2. The molecule has 0 N–H and O–H groups in total. The SMILES string of the molecule is CCOC(=O)CC(=O)CC[C@@H](C)[C@H]1CC[C@H]2[C@@H]3[C@H](OC4CCCCO4)C[C@@H]4C[C@H](OC5CCCCO5)CC[C@]4(C)[C@H]3C[C@H](OC3CCCCO3)[C@]12C. The number of hydrogen-bond donors (Lipinski definition) is 0. The number of esters is 1. The van der Waals surface area contributed by atoms with Crippen molar-refractivity contribution in [2.45, 2.75) is 187 Å². The van der Waals surface area contributed by atoms with Gasteiger partial charge >= 0.3 is 5.97 Å². The number of fused-ring (bicyclic) bond motifs is 5. The van der Waals surface area contributed by atoms with Crippen molar-refractivity contribution in [3.05, 3.63) is 0 Å². The second-order valence-corrected chi connectivity index (χ2v) is 18.3. The summed E-state index contributed by atoms with van der Waals surface area (Å²) in [7, 11) is 0. The lowest BCUT2D eigenvalue weighted by Gasteiger charge is -2.65. The molecule has 0 aromatic rings. The molecule has 0 amide bonds. The Hall–Kier alpha value is -1.10. The van der Waals surface area contributed by atoms with Crippen molar-refractivity contribution in [2.24, 2.45) is 46.3 Å². The van der Waals surface area contributed by atoms with Crippen LogP contribution in [0, 0.1) is 46.3 Å². The van der Waals surface area contributed by atoms with Crippen LogP contribution in [-0.4, -0.2) is 75.4 Å². The summed E-state index contributed by atoms with van der Waals surface area (Å²) in [6.45, 7) is 12.0. The predicted molar refractivity (Wildman–Crippen MR) is 196 cm³/mol. The number of carbonyl (C=O) groups is 2. The zero-order chi connectivity index (χ0) is 36.3. The Bertz CT molecular complexity index is 1180. The molecule has 0 bridgehead atoms. The van der Waals surface area contributed by atoms with Crippen LogP contribution in [0.25, 0.3) is 0 Å². The van der Waals surface area contributed by atoms with Crippen LogP contribution < -0.4 is 0 Å². The van der Waals surface area contributed by atoms with Crippen LogP contribution in [0.15, 0.2) is 0 Å². The Morgan fingerprint density at radius 1 is 0.750 bits per heavy atom. The quantitative estimate of drug-likeness (QED) is 0.105. The molecule has 296 valence electrons. The summed E-state index contributed by atoms with van der Waals surface area (Å²) in [5, 5.41) is 0. The van der Waals surface area contributed by atoms with E-state index >= 15 is 0 Å². The highest BCUT2D eigenvalue weighted by atomic mass is 16.7. The van der Waals surface area contributed by atoms with Gasteiger partial charge in [0.15, 0.2) is 18.9 Å². The van der Waals surface area contributed by atoms with Crippen molar-refractivity contribution in [3.8, 4) is 0 Å². The van der Waals surface area contributed by atoms with E-state index in [9.17, 15) is 9.59 Å². The third kappa shape index (κ3) is 8.35. The van der Waals surface area contributed by atoms with E-state index in [2.05, 4.69) is 20.8 Å². The van der Waals surface area contributed by atoms with Gasteiger partial charge in [0.25, 0.3) is 0 Å². The van der Waals surface area contributed by atoms with Crippen LogP contribution in [0.4, 0.5) is 0 Å². The van der Waals surface area contributed by atoms with Gasteiger partial charge in [-0.2, -0.15) is 0 Å². The fourth-order valence-corrected chi connectivity index (χ4v) is 12.6. The summed E-state index contributed by atoms with van der Waals surface area (Å²) in [5.74, 6) is 2.22. The van der Waals surface area contributed by atoms with Crippen LogP contribution in [0.3, 0.4) is 0 Å². The Kier molecular flexibility index (Phi) is 13.1. The lowest BCUT2D eigenvalue weighted by Crippen LogP contribution is -2.64. The first-order valence-electron chi connectivity index (χ1n) is 21.7. The van der Waals surface area contributed by atoms with Crippen LogP contribution >= 0.6 is 0 Å². The van der Waals surface area contributed by atoms with Gasteiger partial charge in [-0.25, -0.2) is 0 Å². The van der Waals surface area contributed by atoms with Gasteiger partial charge < -0.3 is 33.2 Å². The van der Waals surface area contributed by atoms with Crippen molar-refractivity contribution < 1.29 is 42.7 Å². The van der Waals surface area contributed by atoms with Gasteiger partial charge in [0, 0.05) is 31.7 Å². The minimum Gasteiger partial charge on any atom is -0.466 e. The van der Waals surface area contributed by atoms with E-state index in [-0.39, 0.29) is 60.2 Å². The minimum absolute atomic E-state index is 0.0149. The fourth-order valence-electron chi connectivity index (χ4n) is 12.6. The van der Waals surface area contributed by atoms with Crippen LogP contribution in [-0.2, 0) is 42.7 Å². The van der Waals surface area contributed by atoms with Crippen molar-refractivity contribution in [1.82, 2.24) is 0 Å². The molecule has 52 heavy (non-hydrogen) atoms. The van der Waals surface area contributed by atoms with E-state index in [1.807, 2.05) is 0 Å². The van der Waals surface area contributed by atoms with Gasteiger partial charge in [0.2, 0.25) is 0 Å². The van der Waals surface area contributed by atoms with Crippen LogP contribution in [0.2, 0.25) is 0 Å². The van der Waals surface area contributed by atoms with Crippen molar-refractivity contribution in [3.63, 3.8) is 0 Å². The highest BCUT2D eigenvalue weighted by Gasteiger charge is 2.67. The zero-order valence-electron chi connectivity index (χ0n) is 32.9. The molecule has 7 fully saturated rings. The molecule has 0 spiro atoms. The lowest BCUT2D eigenvalue weighted by atomic mass is 9.43. The van der Waals surface area contributed by atoms with E-state index in [1.54, 1.807) is 6.92 Å². The number of Topliss-reactive ketones (excluding diaryl/α,β-unsaturated/α-hetero) is 1. The highest BCUT2D eigenvalue weighted by Crippen LogP contribution is 2.69. The summed E-state index contributed by atoms with van der Waals surface area (Å²) in [4.78, 5) is 24.9. The smallest absolute Gasteiger partial charge is 0.313 e. The van der Waals surface area contributed by atoms with Crippen LogP contribution in [0.5, 0.6) is 0 Å². The van der Waals surface area contributed by atoms with Gasteiger partial charge in [-0.1, -0.05) is 20.8 Å². The van der Waals surface area contributed by atoms with Gasteiger partial charge in [0.05, 0.1) is 24.9 Å². The average molecular weight is 731 g/mol. The van der Waals surface area contributed by atoms with Gasteiger partial charge in [0.1, 0.15) is 12.2 Å². The molecule has 3 unspecified atom stereocenters. The molecule has 9 nitrogen and oxygen atoms in total. The summed E-state index contributed by atoms with van der Waals surface area (Å²) in [6, 6.07) is 0. The van der Waals surface area contributed by atoms with Gasteiger partial charge in [-0.15, -0.1) is 0 Å². The Labute approximate surface area is 313 Å². The molecule has 4 saturated carbocycles. The number of ether oxygens (including phenoxy) is 7. The number of ketones is 1. The third-order valence-corrected chi connectivity index (χ3v) is 15.4.